The van der Waals surface area contributed by atoms with Gasteiger partial charge in [-0.15, -0.1) is 0 Å². The highest BCUT2D eigenvalue weighted by Crippen LogP contribution is 2.27. The molecule has 15 heavy (non-hydrogen) atoms. The van der Waals surface area contributed by atoms with Gasteiger partial charge in [-0.25, -0.2) is 0 Å². The summed E-state index contributed by atoms with van der Waals surface area (Å²) in [5.74, 6) is 0.985. The second-order valence-electron chi connectivity index (χ2n) is 4.10. The minimum atomic E-state index is 0.361. The molecule has 1 aliphatic rings. The highest BCUT2D eigenvalue weighted by atomic mass is 16.3. The first-order valence-corrected chi connectivity index (χ1v) is 5.56. The molecule has 2 rings (SSSR count). The molecule has 82 valence electrons. The molecule has 3 heteroatoms. The van der Waals surface area contributed by atoms with Crippen molar-refractivity contribution in [3.8, 4) is 5.75 Å². The molecular weight excluding hydrogens is 188 g/mol. The maximum absolute atomic E-state index is 9.41. The van der Waals surface area contributed by atoms with Crippen molar-refractivity contribution in [3.63, 3.8) is 0 Å². The van der Waals surface area contributed by atoms with Crippen LogP contribution in [-0.4, -0.2) is 24.7 Å². The van der Waals surface area contributed by atoms with Crippen LogP contribution in [0.1, 0.15) is 12.5 Å². The number of nitrogens with one attached hydrogen (secondary N) is 2. The molecule has 3 N–H and O–H groups in total. The fraction of sp³-hybridized carbons (Fsp3) is 0.500. The third-order valence-electron chi connectivity index (χ3n) is 2.86. The molecule has 3 nitrogen and oxygen atoms in total. The Balaban J connectivity index is 2.05. The third-order valence-corrected chi connectivity index (χ3v) is 2.86. The Kier molecular flexibility index (Phi) is 3.11. The van der Waals surface area contributed by atoms with Gasteiger partial charge in [0, 0.05) is 12.2 Å². The highest BCUT2D eigenvalue weighted by Gasteiger charge is 2.17. The van der Waals surface area contributed by atoms with Crippen molar-refractivity contribution in [2.24, 2.45) is 5.92 Å². The van der Waals surface area contributed by atoms with E-state index in [4.69, 9.17) is 0 Å². The maximum Gasteiger partial charge on any atom is 0.116 e. The molecular formula is C12H18N2O. The molecule has 0 fully saturated rings. The fourth-order valence-electron chi connectivity index (χ4n) is 2.05. The van der Waals surface area contributed by atoms with Gasteiger partial charge in [-0.1, -0.05) is 6.92 Å². The van der Waals surface area contributed by atoms with Gasteiger partial charge < -0.3 is 15.7 Å². The predicted octanol–water partition coefficient (Wildman–Crippen LogP) is 1.59. The molecule has 0 bridgehead atoms. The van der Waals surface area contributed by atoms with E-state index in [0.29, 0.717) is 11.7 Å². The van der Waals surface area contributed by atoms with Crippen LogP contribution in [0.4, 0.5) is 5.69 Å². The summed E-state index contributed by atoms with van der Waals surface area (Å²) in [5.41, 5.74) is 2.39. The number of anilines is 1. The van der Waals surface area contributed by atoms with Crippen molar-refractivity contribution < 1.29 is 5.11 Å². The quantitative estimate of drug-likeness (QED) is 0.658. The van der Waals surface area contributed by atoms with E-state index < -0.39 is 0 Å². The Labute approximate surface area is 90.5 Å². The number of hydrogen-bond donors (Lipinski definition) is 3. The zero-order valence-electron chi connectivity index (χ0n) is 9.09. The largest absolute Gasteiger partial charge is 0.508 e. The minimum Gasteiger partial charge on any atom is -0.508 e. The first kappa shape index (κ1) is 10.3. The van der Waals surface area contributed by atoms with Gasteiger partial charge in [0.15, 0.2) is 0 Å². The molecule has 0 saturated carbocycles. The molecule has 1 atom stereocenters. The molecule has 1 aromatic carbocycles. The Morgan fingerprint density at radius 1 is 1.53 bits per heavy atom. The van der Waals surface area contributed by atoms with Gasteiger partial charge in [-0.2, -0.15) is 0 Å². The molecule has 1 heterocycles. The molecule has 0 spiro atoms. The van der Waals surface area contributed by atoms with Gasteiger partial charge >= 0.3 is 0 Å². The smallest absolute Gasteiger partial charge is 0.116 e. The highest BCUT2D eigenvalue weighted by molar-refractivity contribution is 5.55. The predicted molar refractivity (Wildman–Crippen MR) is 62.3 cm³/mol. The van der Waals surface area contributed by atoms with Crippen LogP contribution in [0.15, 0.2) is 18.2 Å². The third kappa shape index (κ3) is 2.42. The number of rotatable bonds is 3. The fourth-order valence-corrected chi connectivity index (χ4v) is 2.05. The zero-order valence-corrected chi connectivity index (χ0v) is 9.09. The van der Waals surface area contributed by atoms with Gasteiger partial charge in [0.25, 0.3) is 0 Å². The Morgan fingerprint density at radius 2 is 2.40 bits per heavy atom. The van der Waals surface area contributed by atoms with Crippen molar-refractivity contribution in [3.05, 3.63) is 23.8 Å². The van der Waals surface area contributed by atoms with E-state index in [-0.39, 0.29) is 0 Å². The summed E-state index contributed by atoms with van der Waals surface area (Å²) >= 11 is 0. The van der Waals surface area contributed by atoms with E-state index in [0.717, 1.165) is 26.1 Å². The number of hydrogen-bond acceptors (Lipinski definition) is 3. The molecule has 0 saturated heterocycles. The van der Waals surface area contributed by atoms with Crippen molar-refractivity contribution in [1.29, 1.82) is 0 Å². The topological polar surface area (TPSA) is 44.3 Å². The summed E-state index contributed by atoms with van der Waals surface area (Å²) in [7, 11) is 0. The average molecular weight is 206 g/mol. The lowest BCUT2D eigenvalue weighted by Crippen LogP contribution is -2.32. The average Bonchev–Trinajstić information content (AvgIpc) is 2.25. The lowest BCUT2D eigenvalue weighted by molar-refractivity contribution is 0.467. The van der Waals surface area contributed by atoms with E-state index >= 15 is 0 Å². The van der Waals surface area contributed by atoms with Crippen LogP contribution in [0.25, 0.3) is 0 Å². The van der Waals surface area contributed by atoms with Crippen molar-refractivity contribution in [2.75, 3.05) is 25.0 Å². The lowest BCUT2D eigenvalue weighted by atomic mass is 9.94. The maximum atomic E-state index is 9.41. The first-order valence-electron chi connectivity index (χ1n) is 5.56. The normalized spacial score (nSPS) is 19.4. The molecule has 0 aromatic heterocycles. The number of aromatic hydroxyl groups is 1. The molecule has 1 unspecified atom stereocenters. The van der Waals surface area contributed by atoms with Crippen LogP contribution in [0.3, 0.4) is 0 Å². The zero-order chi connectivity index (χ0) is 10.7. The summed E-state index contributed by atoms with van der Waals surface area (Å²) in [4.78, 5) is 0. The van der Waals surface area contributed by atoms with Crippen LogP contribution in [0, 0.1) is 5.92 Å². The summed E-state index contributed by atoms with van der Waals surface area (Å²) in [5, 5.41) is 16.2. The molecule has 0 amide bonds. The molecule has 0 radical (unpaired) electrons. The Bertz CT molecular complexity index is 338. The van der Waals surface area contributed by atoms with Crippen molar-refractivity contribution in [1.82, 2.24) is 5.32 Å². The SMILES string of the molecule is CCNCC1CNc2ccc(O)cc2C1. The summed E-state index contributed by atoms with van der Waals surface area (Å²) < 4.78 is 0. The second-order valence-corrected chi connectivity index (χ2v) is 4.10. The first-order chi connectivity index (χ1) is 7.29. The van der Waals surface area contributed by atoms with Crippen LogP contribution in [-0.2, 0) is 6.42 Å². The van der Waals surface area contributed by atoms with E-state index in [1.165, 1.54) is 11.3 Å². The van der Waals surface area contributed by atoms with Crippen LogP contribution < -0.4 is 10.6 Å². The van der Waals surface area contributed by atoms with Gasteiger partial charge in [0.05, 0.1) is 0 Å². The van der Waals surface area contributed by atoms with E-state index in [1.807, 2.05) is 12.1 Å². The Hall–Kier alpha value is -1.22. The molecule has 1 aromatic rings. The van der Waals surface area contributed by atoms with Gasteiger partial charge in [0.1, 0.15) is 5.75 Å². The summed E-state index contributed by atoms with van der Waals surface area (Å²) in [6.07, 6.45) is 1.05. The van der Waals surface area contributed by atoms with E-state index in [2.05, 4.69) is 17.6 Å². The van der Waals surface area contributed by atoms with Crippen molar-refractivity contribution in [2.45, 2.75) is 13.3 Å². The van der Waals surface area contributed by atoms with Crippen molar-refractivity contribution >= 4 is 5.69 Å². The van der Waals surface area contributed by atoms with Crippen LogP contribution in [0.5, 0.6) is 5.75 Å². The summed E-state index contributed by atoms with van der Waals surface area (Å²) in [6.45, 7) is 5.20. The number of phenols is 1. The molecule has 1 aliphatic heterocycles. The standard InChI is InChI=1S/C12H18N2O/c1-2-13-7-9-5-10-6-11(15)3-4-12(10)14-8-9/h3-4,6,9,13-15H,2,5,7-8H2,1H3. The van der Waals surface area contributed by atoms with Gasteiger partial charge in [-0.3, -0.25) is 0 Å². The van der Waals surface area contributed by atoms with E-state index in [9.17, 15) is 5.11 Å². The Morgan fingerprint density at radius 3 is 3.20 bits per heavy atom. The van der Waals surface area contributed by atoms with Crippen LogP contribution in [0.2, 0.25) is 0 Å². The monoisotopic (exact) mass is 206 g/mol. The van der Waals surface area contributed by atoms with E-state index in [1.54, 1.807) is 6.07 Å². The number of benzene rings is 1. The summed E-state index contributed by atoms with van der Waals surface area (Å²) in [6, 6.07) is 5.55. The minimum absolute atomic E-state index is 0.361. The van der Waals surface area contributed by atoms with Gasteiger partial charge in [0.2, 0.25) is 0 Å². The molecule has 0 aliphatic carbocycles. The number of fused-ring (bicyclic) bond motifs is 1. The number of phenolic OH excluding ortho intramolecular Hbond substituents is 1. The van der Waals surface area contributed by atoms with Gasteiger partial charge in [-0.05, 0) is 49.2 Å². The second kappa shape index (κ2) is 4.53. The van der Waals surface area contributed by atoms with Crippen LogP contribution >= 0.6 is 0 Å². The lowest BCUT2D eigenvalue weighted by Gasteiger charge is -2.26.